The van der Waals surface area contributed by atoms with Crippen LogP contribution in [0.2, 0.25) is 0 Å². The maximum atomic E-state index is 11.0. The maximum absolute atomic E-state index is 11.0. The first-order chi connectivity index (χ1) is 9.22. The molecular weight excluding hydrogens is 260 g/mol. The van der Waals surface area contributed by atoms with E-state index in [-0.39, 0.29) is 16.5 Å². The molecule has 0 saturated carbocycles. The normalized spacial score (nSPS) is 18.2. The van der Waals surface area contributed by atoms with Crippen LogP contribution in [0.25, 0.3) is 0 Å². The van der Waals surface area contributed by atoms with E-state index in [0.717, 1.165) is 22.8 Å². The Morgan fingerprint density at radius 1 is 1.47 bits per heavy atom. The van der Waals surface area contributed by atoms with Gasteiger partial charge in [-0.15, -0.1) is 11.8 Å². The third-order valence-corrected chi connectivity index (χ3v) is 4.08. The summed E-state index contributed by atoms with van der Waals surface area (Å²) in [7, 11) is 0. The number of nitrogens with zero attached hydrogens (tertiary/aromatic N) is 2. The molecule has 0 aliphatic carbocycles. The van der Waals surface area contributed by atoms with Crippen LogP contribution >= 0.6 is 11.8 Å². The maximum Gasteiger partial charge on any atom is 0.273 e. The zero-order chi connectivity index (χ0) is 13.7. The molecule has 1 atom stereocenters. The van der Waals surface area contributed by atoms with Crippen molar-refractivity contribution in [1.29, 1.82) is 0 Å². The summed E-state index contributed by atoms with van der Waals surface area (Å²) < 4.78 is 0. The Bertz CT molecular complexity index is 526. The molecule has 1 unspecified atom stereocenters. The lowest BCUT2D eigenvalue weighted by Crippen LogP contribution is -2.09. The molecule has 4 nitrogen and oxygen atoms in total. The van der Waals surface area contributed by atoms with Crippen LogP contribution in [-0.4, -0.2) is 22.3 Å². The second-order valence-corrected chi connectivity index (χ2v) is 5.42. The molecule has 19 heavy (non-hydrogen) atoms. The molecule has 0 saturated heterocycles. The Kier molecular flexibility index (Phi) is 4.74. The van der Waals surface area contributed by atoms with Gasteiger partial charge >= 0.3 is 0 Å². The minimum absolute atomic E-state index is 0.00702. The summed E-state index contributed by atoms with van der Waals surface area (Å²) in [5.74, 6) is 1.06. The van der Waals surface area contributed by atoms with E-state index in [9.17, 15) is 10.1 Å². The highest BCUT2D eigenvalue weighted by atomic mass is 32.2. The van der Waals surface area contributed by atoms with Crippen LogP contribution in [0.5, 0.6) is 0 Å². The van der Waals surface area contributed by atoms with Gasteiger partial charge in [0.25, 0.3) is 5.69 Å². The third-order valence-electron chi connectivity index (χ3n) is 2.90. The summed E-state index contributed by atoms with van der Waals surface area (Å²) in [5.41, 5.74) is 0.920. The Labute approximate surface area is 116 Å². The standard InChI is InChI=1S/C14H16N2O2S/c1-2-9-19-14-8-7-11(10-15-14)12-5-3-4-6-13(12)16(17)18/h3-8,11H,2,9-10H2,1H3. The number of dihydropyridines is 1. The van der Waals surface area contributed by atoms with Crippen LogP contribution in [0.3, 0.4) is 0 Å². The number of thioether (sulfide) groups is 1. The minimum atomic E-state index is -0.325. The quantitative estimate of drug-likeness (QED) is 0.621. The van der Waals surface area contributed by atoms with Crippen LogP contribution in [0.4, 0.5) is 5.69 Å². The van der Waals surface area contributed by atoms with E-state index in [0.29, 0.717) is 6.54 Å². The first kappa shape index (κ1) is 13.8. The molecular formula is C14H16N2O2S. The van der Waals surface area contributed by atoms with Crippen molar-refractivity contribution in [1.82, 2.24) is 0 Å². The average Bonchev–Trinajstić information content (AvgIpc) is 2.45. The van der Waals surface area contributed by atoms with Gasteiger partial charge in [0.05, 0.1) is 16.5 Å². The number of hydrogen-bond acceptors (Lipinski definition) is 4. The monoisotopic (exact) mass is 276 g/mol. The highest BCUT2D eigenvalue weighted by Gasteiger charge is 2.21. The summed E-state index contributed by atoms with van der Waals surface area (Å²) in [6, 6.07) is 6.89. The number of hydrogen-bond donors (Lipinski definition) is 0. The van der Waals surface area contributed by atoms with Crippen molar-refractivity contribution < 1.29 is 4.92 Å². The number of aliphatic imine (C=N–C) groups is 1. The zero-order valence-corrected chi connectivity index (χ0v) is 11.6. The van der Waals surface area contributed by atoms with Crippen molar-refractivity contribution in [3.8, 4) is 0 Å². The smallest absolute Gasteiger partial charge is 0.273 e. The number of para-hydroxylation sites is 1. The van der Waals surface area contributed by atoms with E-state index >= 15 is 0 Å². The molecule has 0 spiro atoms. The summed E-state index contributed by atoms with van der Waals surface area (Å²) >= 11 is 1.73. The molecule has 1 aliphatic heterocycles. The Balaban J connectivity index is 2.12. The fourth-order valence-corrected chi connectivity index (χ4v) is 2.72. The molecule has 5 heteroatoms. The topological polar surface area (TPSA) is 55.5 Å². The van der Waals surface area contributed by atoms with Crippen molar-refractivity contribution in [2.75, 3.05) is 12.3 Å². The Morgan fingerprint density at radius 3 is 2.89 bits per heavy atom. The third kappa shape index (κ3) is 3.44. The van der Waals surface area contributed by atoms with E-state index < -0.39 is 0 Å². The fourth-order valence-electron chi connectivity index (χ4n) is 1.97. The predicted octanol–water partition coefficient (Wildman–Crippen LogP) is 3.79. The largest absolute Gasteiger partial charge is 0.277 e. The second kappa shape index (κ2) is 6.52. The highest BCUT2D eigenvalue weighted by Crippen LogP contribution is 2.30. The molecule has 0 bridgehead atoms. The van der Waals surface area contributed by atoms with Gasteiger partial charge in [0.1, 0.15) is 0 Å². The van der Waals surface area contributed by atoms with Gasteiger partial charge in [0.15, 0.2) is 0 Å². The summed E-state index contributed by atoms with van der Waals surface area (Å²) in [6.07, 6.45) is 5.11. The van der Waals surface area contributed by atoms with E-state index in [2.05, 4.69) is 11.9 Å². The molecule has 1 aromatic carbocycles. The SMILES string of the molecule is CCCSC1=NCC(c2ccccc2[N+](=O)[O-])C=C1. The van der Waals surface area contributed by atoms with Crippen LogP contribution in [0.15, 0.2) is 41.4 Å². The van der Waals surface area contributed by atoms with Gasteiger partial charge in [-0.3, -0.25) is 15.1 Å². The molecule has 100 valence electrons. The van der Waals surface area contributed by atoms with Gasteiger partial charge in [0.2, 0.25) is 0 Å². The van der Waals surface area contributed by atoms with E-state index in [1.165, 1.54) is 0 Å². The number of rotatable bonds is 4. The second-order valence-electron chi connectivity index (χ2n) is 4.31. The van der Waals surface area contributed by atoms with Gasteiger partial charge in [0, 0.05) is 17.5 Å². The lowest BCUT2D eigenvalue weighted by atomic mass is 9.96. The molecule has 0 radical (unpaired) electrons. The Hall–Kier alpha value is -1.62. The van der Waals surface area contributed by atoms with Crippen molar-refractivity contribution in [3.63, 3.8) is 0 Å². The summed E-state index contributed by atoms with van der Waals surface area (Å²) in [6.45, 7) is 2.73. The van der Waals surface area contributed by atoms with Gasteiger partial charge < -0.3 is 0 Å². The predicted molar refractivity (Wildman–Crippen MR) is 80.0 cm³/mol. The Morgan fingerprint density at radius 2 is 2.26 bits per heavy atom. The minimum Gasteiger partial charge on any atom is -0.277 e. The molecule has 0 N–H and O–H groups in total. The highest BCUT2D eigenvalue weighted by molar-refractivity contribution is 8.14. The molecule has 1 aromatic rings. The van der Waals surface area contributed by atoms with E-state index in [4.69, 9.17) is 0 Å². The van der Waals surface area contributed by atoms with Crippen molar-refractivity contribution in [2.45, 2.75) is 19.3 Å². The molecule has 1 heterocycles. The first-order valence-electron chi connectivity index (χ1n) is 6.31. The number of nitro benzene ring substituents is 1. The van der Waals surface area contributed by atoms with Gasteiger partial charge in [-0.05, 0) is 18.2 Å². The summed E-state index contributed by atoms with van der Waals surface area (Å²) in [5, 5.41) is 12.0. The number of nitro groups is 1. The van der Waals surface area contributed by atoms with Gasteiger partial charge in [-0.1, -0.05) is 31.2 Å². The summed E-state index contributed by atoms with van der Waals surface area (Å²) in [4.78, 5) is 15.2. The van der Waals surface area contributed by atoms with Crippen LogP contribution in [0.1, 0.15) is 24.8 Å². The lowest BCUT2D eigenvalue weighted by molar-refractivity contribution is -0.385. The van der Waals surface area contributed by atoms with Crippen molar-refractivity contribution in [2.24, 2.45) is 4.99 Å². The van der Waals surface area contributed by atoms with E-state index in [1.54, 1.807) is 23.9 Å². The van der Waals surface area contributed by atoms with Gasteiger partial charge in [-0.2, -0.15) is 0 Å². The molecule has 0 aromatic heterocycles. The molecule has 0 fully saturated rings. The molecule has 1 aliphatic rings. The van der Waals surface area contributed by atoms with Gasteiger partial charge in [-0.25, -0.2) is 0 Å². The van der Waals surface area contributed by atoms with Crippen LogP contribution in [0, 0.1) is 10.1 Å². The van der Waals surface area contributed by atoms with Crippen molar-refractivity contribution >= 4 is 22.5 Å². The number of benzene rings is 1. The lowest BCUT2D eigenvalue weighted by Gasteiger charge is -2.15. The van der Waals surface area contributed by atoms with Crippen LogP contribution < -0.4 is 0 Å². The zero-order valence-electron chi connectivity index (χ0n) is 10.8. The van der Waals surface area contributed by atoms with Crippen molar-refractivity contribution in [3.05, 3.63) is 52.1 Å². The van der Waals surface area contributed by atoms with Crippen LogP contribution in [-0.2, 0) is 0 Å². The first-order valence-corrected chi connectivity index (χ1v) is 7.29. The fraction of sp³-hybridized carbons (Fsp3) is 0.357. The molecule has 0 amide bonds. The molecule has 2 rings (SSSR count). The van der Waals surface area contributed by atoms with E-state index in [1.807, 2.05) is 24.3 Å². The average molecular weight is 276 g/mol.